The number of aromatic hydroxyl groups is 1. The van der Waals surface area contributed by atoms with Gasteiger partial charge in [0.05, 0.1) is 22.2 Å². The van der Waals surface area contributed by atoms with Gasteiger partial charge in [0.25, 0.3) is 0 Å². The molecule has 5 aromatic rings. The van der Waals surface area contributed by atoms with Gasteiger partial charge >= 0.3 is 12.1 Å². The molecule has 0 fully saturated rings. The summed E-state index contributed by atoms with van der Waals surface area (Å²) in [6.07, 6.45) is -3.18. The Balaban J connectivity index is 1.62. The number of alkyl halides is 3. The lowest BCUT2D eigenvalue weighted by atomic mass is 10.0. The Hall–Kier alpha value is -4.37. The molecule has 0 aliphatic heterocycles. The Morgan fingerprint density at radius 1 is 0.974 bits per heavy atom. The van der Waals surface area contributed by atoms with E-state index < -0.39 is 17.7 Å². The summed E-state index contributed by atoms with van der Waals surface area (Å²) in [6.45, 7) is 4.08. The molecule has 192 valence electrons. The van der Waals surface area contributed by atoms with Crippen LogP contribution in [0.5, 0.6) is 5.88 Å². The van der Waals surface area contributed by atoms with Crippen molar-refractivity contribution >= 4 is 39.4 Å². The standard InChI is InChI=1S/C29H21F3N2O3S/c1-16-6-7-18(10-17(16)2)20-12-26(38-15-20)33-14-24-23-9-8-21(29(30,31)32)13-25(23)34(27(24)35)22-5-3-4-19(11-22)28(36)37/h3-15,35H,1-2H3,(H,36,37). The van der Waals surface area contributed by atoms with Crippen molar-refractivity contribution in [1.82, 2.24) is 4.57 Å². The van der Waals surface area contributed by atoms with Gasteiger partial charge in [-0.1, -0.05) is 30.3 Å². The number of nitrogens with zero attached hydrogens (tertiary/aromatic N) is 2. The van der Waals surface area contributed by atoms with Crippen LogP contribution in [0.4, 0.5) is 18.2 Å². The summed E-state index contributed by atoms with van der Waals surface area (Å²) < 4.78 is 41.7. The van der Waals surface area contributed by atoms with Crippen LogP contribution < -0.4 is 0 Å². The highest BCUT2D eigenvalue weighted by Gasteiger charge is 2.31. The zero-order valence-electron chi connectivity index (χ0n) is 20.2. The van der Waals surface area contributed by atoms with Gasteiger partial charge in [0, 0.05) is 22.7 Å². The van der Waals surface area contributed by atoms with E-state index in [9.17, 15) is 28.2 Å². The maximum Gasteiger partial charge on any atom is 0.416 e. The third-order valence-corrected chi connectivity index (χ3v) is 7.24. The van der Waals surface area contributed by atoms with Crippen LogP contribution in [0.2, 0.25) is 0 Å². The van der Waals surface area contributed by atoms with E-state index in [1.807, 2.05) is 37.4 Å². The average molecular weight is 535 g/mol. The smallest absolute Gasteiger partial charge is 0.416 e. The molecule has 2 heterocycles. The third-order valence-electron chi connectivity index (χ3n) is 6.41. The van der Waals surface area contributed by atoms with Crippen LogP contribution in [0, 0.1) is 13.8 Å². The Morgan fingerprint density at radius 3 is 2.47 bits per heavy atom. The van der Waals surface area contributed by atoms with Crippen molar-refractivity contribution in [3.8, 4) is 22.7 Å². The summed E-state index contributed by atoms with van der Waals surface area (Å²) >= 11 is 1.40. The minimum absolute atomic E-state index is 0.0663. The molecule has 2 N–H and O–H groups in total. The summed E-state index contributed by atoms with van der Waals surface area (Å²) in [4.78, 5) is 16.0. The zero-order chi connectivity index (χ0) is 27.2. The number of aromatic nitrogens is 1. The van der Waals surface area contributed by atoms with Crippen molar-refractivity contribution < 1.29 is 28.2 Å². The van der Waals surface area contributed by atoms with E-state index in [4.69, 9.17) is 0 Å². The Kier molecular flexibility index (Phi) is 6.32. The highest BCUT2D eigenvalue weighted by Crippen LogP contribution is 2.39. The number of carboxylic acids is 1. The molecule has 0 saturated carbocycles. The van der Waals surface area contributed by atoms with Crippen LogP contribution in [0.1, 0.15) is 32.6 Å². The minimum Gasteiger partial charge on any atom is -0.494 e. The average Bonchev–Trinajstić information content (AvgIpc) is 3.45. The maximum atomic E-state index is 13.5. The molecule has 3 aromatic carbocycles. The highest BCUT2D eigenvalue weighted by molar-refractivity contribution is 7.14. The van der Waals surface area contributed by atoms with Crippen molar-refractivity contribution in [2.45, 2.75) is 20.0 Å². The Labute approximate surface area is 219 Å². The fraction of sp³-hybridized carbons (Fsp3) is 0.103. The molecular weight excluding hydrogens is 513 g/mol. The van der Waals surface area contributed by atoms with Crippen LogP contribution in [0.25, 0.3) is 27.7 Å². The van der Waals surface area contributed by atoms with E-state index in [1.165, 1.54) is 63.6 Å². The SMILES string of the molecule is Cc1ccc(-c2csc(N=Cc3c(O)n(-c4cccc(C(=O)O)c4)c4cc(C(F)(F)F)ccc34)c2)cc1C. The van der Waals surface area contributed by atoms with Gasteiger partial charge in [0.15, 0.2) is 0 Å². The molecule has 2 aromatic heterocycles. The molecule has 0 aliphatic carbocycles. The van der Waals surface area contributed by atoms with Gasteiger partial charge in [-0.3, -0.25) is 4.57 Å². The van der Waals surface area contributed by atoms with Crippen LogP contribution in [-0.2, 0) is 6.18 Å². The van der Waals surface area contributed by atoms with Crippen molar-refractivity contribution in [3.63, 3.8) is 0 Å². The number of carboxylic acid groups (broad SMARTS) is 1. The molecule has 38 heavy (non-hydrogen) atoms. The molecule has 0 bridgehead atoms. The van der Waals surface area contributed by atoms with Gasteiger partial charge in [-0.15, -0.1) is 11.3 Å². The number of rotatable bonds is 5. The number of aromatic carboxylic acids is 1. The number of hydrogen-bond donors (Lipinski definition) is 2. The van der Waals surface area contributed by atoms with Gasteiger partial charge in [-0.05, 0) is 72.5 Å². The van der Waals surface area contributed by atoms with E-state index in [2.05, 4.69) is 11.1 Å². The largest absolute Gasteiger partial charge is 0.494 e. The Morgan fingerprint density at radius 2 is 1.76 bits per heavy atom. The highest BCUT2D eigenvalue weighted by atomic mass is 32.1. The molecule has 0 amide bonds. The summed E-state index contributed by atoms with van der Waals surface area (Å²) in [7, 11) is 0. The number of thiophene rings is 1. The van der Waals surface area contributed by atoms with Crippen LogP contribution in [-0.4, -0.2) is 27.0 Å². The first-order valence-corrected chi connectivity index (χ1v) is 12.4. The van der Waals surface area contributed by atoms with Crippen LogP contribution in [0.15, 0.2) is 77.1 Å². The van der Waals surface area contributed by atoms with Crippen LogP contribution >= 0.6 is 11.3 Å². The zero-order valence-corrected chi connectivity index (χ0v) is 21.1. The van der Waals surface area contributed by atoms with Gasteiger partial charge in [-0.25, -0.2) is 9.79 Å². The summed E-state index contributed by atoms with van der Waals surface area (Å²) in [6, 6.07) is 16.9. The van der Waals surface area contributed by atoms with Gasteiger partial charge in [0.2, 0.25) is 5.88 Å². The number of carbonyl (C=O) groups is 1. The maximum absolute atomic E-state index is 13.5. The molecular formula is C29H21F3N2O3S. The van der Waals surface area contributed by atoms with Gasteiger partial charge in [-0.2, -0.15) is 13.2 Å². The van der Waals surface area contributed by atoms with E-state index in [-0.39, 0.29) is 28.2 Å². The molecule has 9 heteroatoms. The quantitative estimate of drug-likeness (QED) is 0.224. The van der Waals surface area contributed by atoms with E-state index in [0.717, 1.165) is 23.3 Å². The second-order valence-corrected chi connectivity index (χ2v) is 9.78. The van der Waals surface area contributed by atoms with E-state index in [0.29, 0.717) is 10.4 Å². The second kappa shape index (κ2) is 9.50. The number of halogens is 3. The van der Waals surface area contributed by atoms with Crippen molar-refractivity contribution in [2.75, 3.05) is 0 Å². The molecule has 0 saturated heterocycles. The van der Waals surface area contributed by atoms with Crippen molar-refractivity contribution in [1.29, 1.82) is 0 Å². The molecule has 5 rings (SSSR count). The number of aliphatic imine (C=N–C) groups is 1. The van der Waals surface area contributed by atoms with Gasteiger partial charge < -0.3 is 10.2 Å². The fourth-order valence-corrected chi connectivity index (χ4v) is 5.00. The topological polar surface area (TPSA) is 74.8 Å². The summed E-state index contributed by atoms with van der Waals surface area (Å²) in [5.74, 6) is -1.55. The first-order chi connectivity index (χ1) is 18.0. The predicted octanol–water partition coefficient (Wildman–Crippen LogP) is 8.15. The van der Waals surface area contributed by atoms with E-state index >= 15 is 0 Å². The normalized spacial score (nSPS) is 12.0. The number of benzene rings is 3. The van der Waals surface area contributed by atoms with Crippen LogP contribution in [0.3, 0.4) is 0 Å². The third kappa shape index (κ3) is 4.68. The first-order valence-electron chi connectivity index (χ1n) is 11.5. The number of aryl methyl sites for hydroxylation is 2. The van der Waals surface area contributed by atoms with Crippen molar-refractivity contribution in [3.05, 3.63) is 99.9 Å². The molecule has 0 aliphatic rings. The lowest BCUT2D eigenvalue weighted by Crippen LogP contribution is -2.05. The monoisotopic (exact) mass is 534 g/mol. The second-order valence-electron chi connectivity index (χ2n) is 8.89. The number of hydrogen-bond acceptors (Lipinski definition) is 4. The molecule has 0 unspecified atom stereocenters. The van der Waals surface area contributed by atoms with Gasteiger partial charge in [0.1, 0.15) is 5.00 Å². The molecule has 5 nitrogen and oxygen atoms in total. The minimum atomic E-state index is -4.60. The lowest BCUT2D eigenvalue weighted by molar-refractivity contribution is -0.137. The Bertz CT molecular complexity index is 1730. The summed E-state index contributed by atoms with van der Waals surface area (Å²) in [5, 5.41) is 23.5. The first kappa shape index (κ1) is 25.3. The number of fused-ring (bicyclic) bond motifs is 1. The fourth-order valence-electron chi connectivity index (χ4n) is 4.24. The predicted molar refractivity (Wildman–Crippen MR) is 143 cm³/mol. The molecule has 0 radical (unpaired) electrons. The summed E-state index contributed by atoms with van der Waals surface area (Å²) in [5.41, 5.74) is 3.93. The molecule has 0 atom stereocenters. The lowest BCUT2D eigenvalue weighted by Gasteiger charge is -2.10. The molecule has 0 spiro atoms. The van der Waals surface area contributed by atoms with Crippen molar-refractivity contribution in [2.24, 2.45) is 4.99 Å². The van der Waals surface area contributed by atoms with E-state index in [1.54, 1.807) is 0 Å².